The van der Waals surface area contributed by atoms with Crippen molar-refractivity contribution in [1.29, 1.82) is 0 Å². The van der Waals surface area contributed by atoms with Crippen molar-refractivity contribution in [1.82, 2.24) is 20.2 Å². The fourth-order valence-corrected chi connectivity index (χ4v) is 3.48. The average Bonchev–Trinajstić information content (AvgIpc) is 2.98. The zero-order valence-corrected chi connectivity index (χ0v) is 12.5. The summed E-state index contributed by atoms with van der Waals surface area (Å²) in [5.41, 5.74) is 1.64. The van der Waals surface area contributed by atoms with Crippen molar-refractivity contribution in [2.45, 2.75) is 17.5 Å². The number of aromatic nitrogens is 4. The standard InChI is InChI=1S/C15H14N4O2S/c20-22(21,12-14-9-5-2-6-10-14)15-16-17-18-19(15)11-13-7-3-1-4-8-13/h1-10H,11-12H2. The van der Waals surface area contributed by atoms with E-state index in [2.05, 4.69) is 15.5 Å². The molecule has 1 heterocycles. The minimum absolute atomic E-state index is 0.111. The second-order valence-electron chi connectivity index (χ2n) is 4.85. The first-order valence-electron chi connectivity index (χ1n) is 6.72. The van der Waals surface area contributed by atoms with Crippen molar-refractivity contribution in [2.24, 2.45) is 0 Å². The van der Waals surface area contributed by atoms with E-state index >= 15 is 0 Å². The van der Waals surface area contributed by atoms with Crippen LogP contribution in [0.15, 0.2) is 65.8 Å². The van der Waals surface area contributed by atoms with Gasteiger partial charge in [0.25, 0.3) is 5.16 Å². The summed E-state index contributed by atoms with van der Waals surface area (Å²) in [6, 6.07) is 18.5. The largest absolute Gasteiger partial charge is 0.268 e. The molecule has 0 atom stereocenters. The summed E-state index contributed by atoms with van der Waals surface area (Å²) in [6.45, 7) is 0.317. The summed E-state index contributed by atoms with van der Waals surface area (Å²) < 4.78 is 26.3. The van der Waals surface area contributed by atoms with E-state index in [4.69, 9.17) is 0 Å². The number of tetrazole rings is 1. The Kier molecular flexibility index (Phi) is 3.97. The fourth-order valence-electron chi connectivity index (χ4n) is 2.13. The fraction of sp³-hybridized carbons (Fsp3) is 0.133. The molecule has 3 aromatic rings. The summed E-state index contributed by atoms with van der Waals surface area (Å²) in [4.78, 5) is 0. The van der Waals surface area contributed by atoms with E-state index in [-0.39, 0.29) is 10.9 Å². The van der Waals surface area contributed by atoms with Gasteiger partial charge in [0.1, 0.15) is 0 Å². The number of rotatable bonds is 5. The zero-order chi connectivity index (χ0) is 15.4. The van der Waals surface area contributed by atoms with Gasteiger partial charge >= 0.3 is 0 Å². The van der Waals surface area contributed by atoms with Gasteiger partial charge in [-0.15, -0.1) is 0 Å². The molecule has 0 saturated carbocycles. The number of nitrogens with zero attached hydrogens (tertiary/aromatic N) is 4. The van der Waals surface area contributed by atoms with Crippen LogP contribution in [0.2, 0.25) is 0 Å². The van der Waals surface area contributed by atoms with E-state index in [1.165, 1.54) is 4.68 Å². The second-order valence-corrected chi connectivity index (χ2v) is 6.73. The molecule has 0 unspecified atom stereocenters. The van der Waals surface area contributed by atoms with Gasteiger partial charge in [-0.3, -0.25) is 0 Å². The molecule has 7 heteroatoms. The van der Waals surface area contributed by atoms with Gasteiger partial charge in [0, 0.05) is 0 Å². The Morgan fingerprint density at radius 2 is 1.45 bits per heavy atom. The molecule has 0 aliphatic rings. The van der Waals surface area contributed by atoms with Gasteiger partial charge in [-0.05, 0) is 21.6 Å². The Morgan fingerprint density at radius 3 is 2.09 bits per heavy atom. The van der Waals surface area contributed by atoms with E-state index in [0.29, 0.717) is 12.1 Å². The third kappa shape index (κ3) is 3.20. The first kappa shape index (κ1) is 14.4. The van der Waals surface area contributed by atoms with Gasteiger partial charge in [-0.1, -0.05) is 65.8 Å². The molecule has 0 bridgehead atoms. The maximum atomic E-state index is 12.5. The Morgan fingerprint density at radius 1 is 0.864 bits per heavy atom. The van der Waals surface area contributed by atoms with Crippen molar-refractivity contribution in [3.05, 3.63) is 71.8 Å². The van der Waals surface area contributed by atoms with Crippen molar-refractivity contribution in [3.8, 4) is 0 Å². The molecular weight excluding hydrogens is 300 g/mol. The summed E-state index contributed by atoms with van der Waals surface area (Å²) in [6.07, 6.45) is 0. The Hall–Kier alpha value is -2.54. The minimum Gasteiger partial charge on any atom is -0.220 e. The van der Waals surface area contributed by atoms with Crippen LogP contribution in [0.1, 0.15) is 11.1 Å². The molecule has 112 valence electrons. The van der Waals surface area contributed by atoms with Crippen LogP contribution in [0, 0.1) is 0 Å². The SMILES string of the molecule is O=S(=O)(Cc1ccccc1)c1nnnn1Cc1ccccc1. The topological polar surface area (TPSA) is 77.7 Å². The van der Waals surface area contributed by atoms with Gasteiger partial charge in [0.05, 0.1) is 12.3 Å². The maximum absolute atomic E-state index is 12.5. The second kappa shape index (κ2) is 6.07. The molecule has 0 spiro atoms. The average molecular weight is 314 g/mol. The summed E-state index contributed by atoms with van der Waals surface area (Å²) in [5, 5.41) is 10.9. The lowest BCUT2D eigenvalue weighted by Crippen LogP contribution is -2.14. The van der Waals surface area contributed by atoms with Crippen LogP contribution >= 0.6 is 0 Å². The molecule has 0 N–H and O–H groups in total. The summed E-state index contributed by atoms with van der Waals surface area (Å²) in [7, 11) is -3.59. The number of benzene rings is 2. The van der Waals surface area contributed by atoms with Crippen LogP contribution in [-0.4, -0.2) is 28.6 Å². The molecule has 0 aliphatic carbocycles. The highest BCUT2D eigenvalue weighted by Gasteiger charge is 2.23. The van der Waals surface area contributed by atoms with E-state index < -0.39 is 9.84 Å². The predicted octanol–water partition coefficient (Wildman–Crippen LogP) is 1.70. The van der Waals surface area contributed by atoms with Gasteiger partial charge in [-0.25, -0.2) is 13.1 Å². The van der Waals surface area contributed by atoms with E-state index in [1.807, 2.05) is 36.4 Å². The van der Waals surface area contributed by atoms with Gasteiger partial charge in [-0.2, -0.15) is 0 Å². The van der Waals surface area contributed by atoms with E-state index in [9.17, 15) is 8.42 Å². The number of hydrogen-bond donors (Lipinski definition) is 0. The van der Waals surface area contributed by atoms with Crippen LogP contribution in [0.5, 0.6) is 0 Å². The number of sulfone groups is 1. The van der Waals surface area contributed by atoms with Gasteiger partial charge in [0.15, 0.2) is 0 Å². The van der Waals surface area contributed by atoms with Crippen LogP contribution in [0.4, 0.5) is 0 Å². The third-order valence-electron chi connectivity index (χ3n) is 3.15. The molecule has 0 fully saturated rings. The van der Waals surface area contributed by atoms with E-state index in [1.54, 1.807) is 24.3 Å². The third-order valence-corrected chi connectivity index (χ3v) is 4.71. The molecule has 6 nitrogen and oxygen atoms in total. The first-order chi connectivity index (χ1) is 10.6. The zero-order valence-electron chi connectivity index (χ0n) is 11.7. The maximum Gasteiger partial charge on any atom is 0.268 e. The molecule has 0 saturated heterocycles. The molecule has 3 rings (SSSR count). The molecule has 0 radical (unpaired) electrons. The number of hydrogen-bond acceptors (Lipinski definition) is 5. The molecule has 0 aliphatic heterocycles. The minimum atomic E-state index is -3.59. The van der Waals surface area contributed by atoms with Crippen molar-refractivity contribution >= 4 is 9.84 Å². The predicted molar refractivity (Wildman–Crippen MR) is 80.7 cm³/mol. The molecule has 0 amide bonds. The quantitative estimate of drug-likeness (QED) is 0.716. The van der Waals surface area contributed by atoms with Crippen molar-refractivity contribution in [2.75, 3.05) is 0 Å². The van der Waals surface area contributed by atoms with Gasteiger partial charge in [0.2, 0.25) is 9.84 Å². The van der Waals surface area contributed by atoms with Crippen LogP contribution in [-0.2, 0) is 22.1 Å². The lowest BCUT2D eigenvalue weighted by molar-refractivity contribution is 0.551. The van der Waals surface area contributed by atoms with Crippen LogP contribution in [0.25, 0.3) is 0 Å². The monoisotopic (exact) mass is 314 g/mol. The summed E-state index contributed by atoms with van der Waals surface area (Å²) in [5.74, 6) is -0.122. The Labute approximate surface area is 128 Å². The lowest BCUT2D eigenvalue weighted by atomic mass is 10.2. The Balaban J connectivity index is 1.87. The normalized spacial score (nSPS) is 11.5. The summed E-state index contributed by atoms with van der Waals surface area (Å²) >= 11 is 0. The van der Waals surface area contributed by atoms with Crippen LogP contribution in [0.3, 0.4) is 0 Å². The smallest absolute Gasteiger partial charge is 0.220 e. The highest BCUT2D eigenvalue weighted by Crippen LogP contribution is 2.14. The Bertz CT molecular complexity index is 846. The lowest BCUT2D eigenvalue weighted by Gasteiger charge is -2.06. The molecule has 2 aromatic carbocycles. The van der Waals surface area contributed by atoms with E-state index in [0.717, 1.165) is 5.56 Å². The first-order valence-corrected chi connectivity index (χ1v) is 8.37. The highest BCUT2D eigenvalue weighted by molar-refractivity contribution is 7.90. The molecule has 1 aromatic heterocycles. The van der Waals surface area contributed by atoms with Crippen LogP contribution < -0.4 is 0 Å². The highest BCUT2D eigenvalue weighted by atomic mass is 32.2. The molecular formula is C15H14N4O2S. The van der Waals surface area contributed by atoms with Gasteiger partial charge < -0.3 is 0 Å². The molecule has 22 heavy (non-hydrogen) atoms. The van der Waals surface area contributed by atoms with Crippen molar-refractivity contribution < 1.29 is 8.42 Å². The van der Waals surface area contributed by atoms with Crippen molar-refractivity contribution in [3.63, 3.8) is 0 Å².